The van der Waals surface area contributed by atoms with E-state index in [0.29, 0.717) is 18.7 Å². The number of hydrogen-bond donors (Lipinski definition) is 2. The summed E-state index contributed by atoms with van der Waals surface area (Å²) in [4.78, 5) is 24.7. The Balaban J connectivity index is 1.40. The fraction of sp³-hybridized carbons (Fsp3) is 0.143. The molecule has 27 heavy (non-hydrogen) atoms. The van der Waals surface area contributed by atoms with Gasteiger partial charge < -0.3 is 15.4 Å². The SMILES string of the molecule is O=C(Cc1cccs1)NCC(=O)Nc1ccc(OCc2ccccc2)cc1. The van der Waals surface area contributed by atoms with Gasteiger partial charge in [-0.2, -0.15) is 0 Å². The molecule has 6 heteroatoms. The molecule has 2 amide bonds. The summed E-state index contributed by atoms with van der Waals surface area (Å²) < 4.78 is 5.71. The number of benzene rings is 2. The monoisotopic (exact) mass is 380 g/mol. The highest BCUT2D eigenvalue weighted by Crippen LogP contribution is 2.17. The molecule has 3 rings (SSSR count). The molecular formula is C21H20N2O3S. The first-order valence-electron chi connectivity index (χ1n) is 8.55. The van der Waals surface area contributed by atoms with Crippen LogP contribution in [0.25, 0.3) is 0 Å². The number of ether oxygens (including phenoxy) is 1. The van der Waals surface area contributed by atoms with Crippen molar-refractivity contribution in [3.8, 4) is 5.75 Å². The summed E-state index contributed by atoms with van der Waals surface area (Å²) in [5.74, 6) is 0.283. The summed E-state index contributed by atoms with van der Waals surface area (Å²) in [6, 6.07) is 20.8. The zero-order valence-corrected chi connectivity index (χ0v) is 15.5. The highest BCUT2D eigenvalue weighted by atomic mass is 32.1. The summed E-state index contributed by atoms with van der Waals surface area (Å²) in [5, 5.41) is 7.29. The molecule has 5 nitrogen and oxygen atoms in total. The van der Waals surface area contributed by atoms with Gasteiger partial charge in [0, 0.05) is 10.6 Å². The van der Waals surface area contributed by atoms with Gasteiger partial charge >= 0.3 is 0 Å². The summed E-state index contributed by atoms with van der Waals surface area (Å²) >= 11 is 1.52. The molecule has 1 heterocycles. The van der Waals surface area contributed by atoms with Gasteiger partial charge in [0.1, 0.15) is 12.4 Å². The van der Waals surface area contributed by atoms with Crippen LogP contribution in [0.4, 0.5) is 5.69 Å². The van der Waals surface area contributed by atoms with Crippen LogP contribution in [0.5, 0.6) is 5.75 Å². The molecule has 0 aliphatic carbocycles. The maximum atomic E-state index is 12.0. The second kappa shape index (κ2) is 9.54. The summed E-state index contributed by atoms with van der Waals surface area (Å²) in [5.41, 5.74) is 1.74. The number of thiophene rings is 1. The molecule has 0 saturated heterocycles. The Morgan fingerprint density at radius 2 is 1.67 bits per heavy atom. The van der Waals surface area contributed by atoms with Gasteiger partial charge in [-0.3, -0.25) is 9.59 Å². The smallest absolute Gasteiger partial charge is 0.243 e. The van der Waals surface area contributed by atoms with Gasteiger partial charge in [0.05, 0.1) is 13.0 Å². The quantitative estimate of drug-likeness (QED) is 0.627. The fourth-order valence-corrected chi connectivity index (χ4v) is 3.10. The van der Waals surface area contributed by atoms with Crippen LogP contribution in [0.1, 0.15) is 10.4 Å². The third-order valence-electron chi connectivity index (χ3n) is 3.75. The highest BCUT2D eigenvalue weighted by Gasteiger charge is 2.07. The van der Waals surface area contributed by atoms with Gasteiger partial charge in [-0.15, -0.1) is 11.3 Å². The third-order valence-corrected chi connectivity index (χ3v) is 4.62. The molecule has 1 aromatic heterocycles. The van der Waals surface area contributed by atoms with Crippen LogP contribution in [-0.2, 0) is 22.6 Å². The van der Waals surface area contributed by atoms with Crippen molar-refractivity contribution < 1.29 is 14.3 Å². The molecule has 3 aromatic rings. The van der Waals surface area contributed by atoms with Crippen molar-refractivity contribution in [2.75, 3.05) is 11.9 Å². The fourth-order valence-electron chi connectivity index (χ4n) is 2.39. The van der Waals surface area contributed by atoms with Gasteiger partial charge in [0.2, 0.25) is 11.8 Å². The van der Waals surface area contributed by atoms with E-state index in [2.05, 4.69) is 10.6 Å². The van der Waals surface area contributed by atoms with Crippen LogP contribution < -0.4 is 15.4 Å². The van der Waals surface area contributed by atoms with Gasteiger partial charge in [0.25, 0.3) is 0 Å². The summed E-state index contributed by atoms with van der Waals surface area (Å²) in [7, 11) is 0. The first kappa shape index (κ1) is 18.7. The Kier molecular flexibility index (Phi) is 6.60. The Morgan fingerprint density at radius 1 is 0.889 bits per heavy atom. The maximum absolute atomic E-state index is 12.0. The topological polar surface area (TPSA) is 67.4 Å². The first-order valence-corrected chi connectivity index (χ1v) is 9.43. The van der Waals surface area contributed by atoms with Crippen molar-refractivity contribution in [2.45, 2.75) is 13.0 Å². The number of carbonyl (C=O) groups excluding carboxylic acids is 2. The van der Waals surface area contributed by atoms with Crippen molar-refractivity contribution in [1.29, 1.82) is 0 Å². The summed E-state index contributed by atoms with van der Waals surface area (Å²) in [6.07, 6.45) is 0.290. The van der Waals surface area contributed by atoms with E-state index in [1.165, 1.54) is 11.3 Å². The van der Waals surface area contributed by atoms with Crippen molar-refractivity contribution in [1.82, 2.24) is 5.32 Å². The van der Waals surface area contributed by atoms with Crippen molar-refractivity contribution in [2.24, 2.45) is 0 Å². The molecule has 0 fully saturated rings. The number of hydrogen-bond acceptors (Lipinski definition) is 4. The number of carbonyl (C=O) groups is 2. The Hall–Kier alpha value is -3.12. The molecular weight excluding hydrogens is 360 g/mol. The molecule has 0 spiro atoms. The lowest BCUT2D eigenvalue weighted by atomic mass is 10.2. The average molecular weight is 380 g/mol. The molecule has 0 aliphatic rings. The van der Waals surface area contributed by atoms with E-state index in [1.807, 2.05) is 47.8 Å². The minimum Gasteiger partial charge on any atom is -0.489 e. The number of nitrogens with one attached hydrogen (secondary N) is 2. The number of amides is 2. The largest absolute Gasteiger partial charge is 0.489 e. The van der Waals surface area contributed by atoms with E-state index in [4.69, 9.17) is 4.74 Å². The van der Waals surface area contributed by atoms with E-state index in [1.54, 1.807) is 24.3 Å². The number of rotatable bonds is 8. The predicted molar refractivity (Wildman–Crippen MR) is 107 cm³/mol. The second-order valence-electron chi connectivity index (χ2n) is 5.88. The van der Waals surface area contributed by atoms with Crippen LogP contribution in [0, 0.1) is 0 Å². The highest BCUT2D eigenvalue weighted by molar-refractivity contribution is 7.10. The van der Waals surface area contributed by atoms with Crippen LogP contribution in [-0.4, -0.2) is 18.4 Å². The Morgan fingerprint density at radius 3 is 2.37 bits per heavy atom. The molecule has 0 saturated carbocycles. The van der Waals surface area contributed by atoms with E-state index in [0.717, 1.165) is 16.2 Å². The Labute approximate surface area is 162 Å². The van der Waals surface area contributed by atoms with Crippen molar-refractivity contribution in [3.63, 3.8) is 0 Å². The van der Waals surface area contributed by atoms with Crippen LogP contribution in [0.2, 0.25) is 0 Å². The second-order valence-corrected chi connectivity index (χ2v) is 6.91. The van der Waals surface area contributed by atoms with Crippen molar-refractivity contribution >= 4 is 28.8 Å². The van der Waals surface area contributed by atoms with Gasteiger partial charge in [0.15, 0.2) is 0 Å². The van der Waals surface area contributed by atoms with E-state index in [9.17, 15) is 9.59 Å². The molecule has 2 aromatic carbocycles. The molecule has 2 N–H and O–H groups in total. The molecule has 0 unspecified atom stereocenters. The van der Waals surface area contributed by atoms with Gasteiger partial charge in [-0.05, 0) is 41.3 Å². The lowest BCUT2D eigenvalue weighted by molar-refractivity contribution is -0.123. The Bertz CT molecular complexity index is 862. The minimum atomic E-state index is -0.271. The van der Waals surface area contributed by atoms with Crippen LogP contribution in [0.3, 0.4) is 0 Å². The van der Waals surface area contributed by atoms with Gasteiger partial charge in [-0.25, -0.2) is 0 Å². The molecule has 138 valence electrons. The van der Waals surface area contributed by atoms with Crippen LogP contribution in [0.15, 0.2) is 72.1 Å². The van der Waals surface area contributed by atoms with E-state index < -0.39 is 0 Å². The zero-order chi connectivity index (χ0) is 18.9. The maximum Gasteiger partial charge on any atom is 0.243 e. The van der Waals surface area contributed by atoms with Crippen LogP contribution >= 0.6 is 11.3 Å². The lowest BCUT2D eigenvalue weighted by Crippen LogP contribution is -2.33. The van der Waals surface area contributed by atoms with Gasteiger partial charge in [-0.1, -0.05) is 36.4 Å². The lowest BCUT2D eigenvalue weighted by Gasteiger charge is -2.09. The molecule has 0 atom stereocenters. The van der Waals surface area contributed by atoms with E-state index >= 15 is 0 Å². The third kappa shape index (κ3) is 6.27. The summed E-state index contributed by atoms with van der Waals surface area (Å²) in [6.45, 7) is 0.430. The first-order chi connectivity index (χ1) is 13.2. The molecule has 0 aliphatic heterocycles. The predicted octanol–water partition coefficient (Wildman–Crippen LogP) is 3.62. The normalized spacial score (nSPS) is 10.2. The minimum absolute atomic E-state index is 0.0591. The van der Waals surface area contributed by atoms with Crippen molar-refractivity contribution in [3.05, 3.63) is 82.6 Å². The standard InChI is InChI=1S/C21H20N2O3S/c24-20(13-19-7-4-12-27-19)22-14-21(25)23-17-8-10-18(11-9-17)26-15-16-5-2-1-3-6-16/h1-12H,13-15H2,(H,22,24)(H,23,25). The average Bonchev–Trinajstić information content (AvgIpc) is 3.20. The molecule has 0 radical (unpaired) electrons. The number of anilines is 1. The van der Waals surface area contributed by atoms with E-state index in [-0.39, 0.29) is 18.4 Å². The zero-order valence-electron chi connectivity index (χ0n) is 14.7. The molecule has 0 bridgehead atoms.